The molecule has 0 unspecified atom stereocenters. The van der Waals surface area contributed by atoms with E-state index in [0.29, 0.717) is 17.8 Å². The summed E-state index contributed by atoms with van der Waals surface area (Å²) < 4.78 is 0. The lowest BCUT2D eigenvalue weighted by atomic mass is 9.72. The molecule has 5 heteroatoms. The number of pyridine rings is 1. The summed E-state index contributed by atoms with van der Waals surface area (Å²) in [4.78, 5) is 17.2. The van der Waals surface area contributed by atoms with Crippen LogP contribution in [0.15, 0.2) is 24.3 Å². The normalized spacial score (nSPS) is 16.7. The van der Waals surface area contributed by atoms with Gasteiger partial charge in [-0.15, -0.1) is 0 Å². The number of nitrogens with one attached hydrogen (secondary N) is 1. The maximum atomic E-state index is 12.7. The first-order chi connectivity index (χ1) is 12.0. The molecule has 1 aromatic carbocycles. The number of aliphatic hydroxyl groups excluding tert-OH is 1. The summed E-state index contributed by atoms with van der Waals surface area (Å²) >= 11 is 0. The predicted octanol–water partition coefficient (Wildman–Crippen LogP) is 3.31. The molecule has 134 valence electrons. The summed E-state index contributed by atoms with van der Waals surface area (Å²) in [6.07, 6.45) is 6.39. The Morgan fingerprint density at radius 3 is 2.72 bits per heavy atom. The number of aliphatic hydroxyl groups is 1. The molecule has 1 amide bonds. The van der Waals surface area contributed by atoms with E-state index >= 15 is 0 Å². The van der Waals surface area contributed by atoms with E-state index < -0.39 is 0 Å². The van der Waals surface area contributed by atoms with Crippen LogP contribution in [0, 0.1) is 12.3 Å². The van der Waals surface area contributed by atoms with Gasteiger partial charge in [0.2, 0.25) is 0 Å². The topological polar surface area (TPSA) is 82.5 Å². The van der Waals surface area contributed by atoms with Crippen LogP contribution in [0.25, 0.3) is 10.9 Å². The van der Waals surface area contributed by atoms with E-state index in [1.807, 2.05) is 6.92 Å². The fourth-order valence-corrected chi connectivity index (χ4v) is 3.91. The Labute approximate surface area is 148 Å². The second-order valence-electron chi connectivity index (χ2n) is 7.22. The quantitative estimate of drug-likeness (QED) is 0.778. The van der Waals surface area contributed by atoms with Crippen molar-refractivity contribution in [3.8, 4) is 5.75 Å². The van der Waals surface area contributed by atoms with Crippen molar-refractivity contribution < 1.29 is 15.0 Å². The van der Waals surface area contributed by atoms with Crippen LogP contribution in [0.5, 0.6) is 5.75 Å². The molecule has 0 atom stereocenters. The molecule has 1 aliphatic carbocycles. The van der Waals surface area contributed by atoms with Crippen molar-refractivity contribution in [1.29, 1.82) is 0 Å². The van der Waals surface area contributed by atoms with E-state index in [1.165, 1.54) is 6.42 Å². The van der Waals surface area contributed by atoms with E-state index in [-0.39, 0.29) is 23.7 Å². The van der Waals surface area contributed by atoms with Gasteiger partial charge in [-0.1, -0.05) is 19.3 Å². The zero-order chi connectivity index (χ0) is 17.9. The van der Waals surface area contributed by atoms with Crippen LogP contribution in [-0.4, -0.2) is 34.3 Å². The standard InChI is InChI=1S/C20H26N2O3/c1-14-17(12-15-11-16(24)5-6-18(15)22-14)19(25)21-13-20(9-10-23)7-3-2-4-8-20/h5-6,11-12,23-24H,2-4,7-10,13H2,1H3,(H,21,25). The molecule has 0 radical (unpaired) electrons. The highest BCUT2D eigenvalue weighted by Crippen LogP contribution is 2.38. The van der Waals surface area contributed by atoms with E-state index in [9.17, 15) is 15.0 Å². The Morgan fingerprint density at radius 1 is 1.24 bits per heavy atom. The van der Waals surface area contributed by atoms with E-state index in [2.05, 4.69) is 10.3 Å². The largest absolute Gasteiger partial charge is 0.508 e. The molecule has 0 spiro atoms. The third-order valence-corrected chi connectivity index (χ3v) is 5.41. The molecule has 5 nitrogen and oxygen atoms in total. The number of benzene rings is 1. The fourth-order valence-electron chi connectivity index (χ4n) is 3.91. The number of carbonyl (C=O) groups excluding carboxylic acids is 1. The van der Waals surface area contributed by atoms with Gasteiger partial charge in [-0.25, -0.2) is 0 Å². The number of hydrogen-bond donors (Lipinski definition) is 3. The molecule has 25 heavy (non-hydrogen) atoms. The summed E-state index contributed by atoms with van der Waals surface area (Å²) in [5, 5.41) is 22.9. The van der Waals surface area contributed by atoms with Crippen molar-refractivity contribution >= 4 is 16.8 Å². The molecule has 1 heterocycles. The summed E-state index contributed by atoms with van der Waals surface area (Å²) in [5.41, 5.74) is 1.98. The Bertz CT molecular complexity index is 761. The number of phenols is 1. The van der Waals surface area contributed by atoms with Gasteiger partial charge in [0.25, 0.3) is 5.91 Å². The van der Waals surface area contributed by atoms with Gasteiger partial charge in [0.15, 0.2) is 0 Å². The van der Waals surface area contributed by atoms with E-state index in [1.54, 1.807) is 24.3 Å². The number of hydrogen-bond acceptors (Lipinski definition) is 4. The number of carbonyl (C=O) groups is 1. The molecular weight excluding hydrogens is 316 g/mol. The Balaban J connectivity index is 1.78. The minimum atomic E-state index is -0.141. The van der Waals surface area contributed by atoms with Crippen molar-refractivity contribution in [2.45, 2.75) is 45.4 Å². The summed E-state index contributed by atoms with van der Waals surface area (Å²) in [5.74, 6) is 0.0201. The van der Waals surface area contributed by atoms with Crippen molar-refractivity contribution in [2.24, 2.45) is 5.41 Å². The number of nitrogens with zero attached hydrogens (tertiary/aromatic N) is 1. The van der Waals surface area contributed by atoms with Gasteiger partial charge in [0, 0.05) is 18.5 Å². The highest BCUT2D eigenvalue weighted by molar-refractivity contribution is 5.98. The van der Waals surface area contributed by atoms with Gasteiger partial charge in [-0.2, -0.15) is 0 Å². The summed E-state index contributed by atoms with van der Waals surface area (Å²) in [6, 6.07) is 6.74. The van der Waals surface area contributed by atoms with Crippen LogP contribution in [0.3, 0.4) is 0 Å². The van der Waals surface area contributed by atoms with E-state index in [0.717, 1.165) is 43.0 Å². The van der Waals surface area contributed by atoms with Crippen LogP contribution in [0.1, 0.15) is 54.6 Å². The molecular formula is C20H26N2O3. The van der Waals surface area contributed by atoms with Crippen LogP contribution in [0.4, 0.5) is 0 Å². The molecule has 3 rings (SSSR count). The summed E-state index contributed by atoms with van der Waals surface area (Å²) in [7, 11) is 0. The molecule has 1 aromatic heterocycles. The second-order valence-corrected chi connectivity index (χ2v) is 7.22. The molecule has 0 saturated heterocycles. The van der Waals surface area contributed by atoms with Gasteiger partial charge in [-0.05, 0) is 55.9 Å². The fraction of sp³-hybridized carbons (Fsp3) is 0.500. The number of amides is 1. The number of phenolic OH excluding ortho intramolecular Hbond substituents is 1. The van der Waals surface area contributed by atoms with Crippen LogP contribution in [0.2, 0.25) is 0 Å². The van der Waals surface area contributed by atoms with Gasteiger partial charge in [0.1, 0.15) is 5.75 Å². The minimum Gasteiger partial charge on any atom is -0.508 e. The maximum absolute atomic E-state index is 12.7. The van der Waals surface area contributed by atoms with Crippen LogP contribution >= 0.6 is 0 Å². The zero-order valence-electron chi connectivity index (χ0n) is 14.7. The van der Waals surface area contributed by atoms with Crippen LogP contribution < -0.4 is 5.32 Å². The summed E-state index contributed by atoms with van der Waals surface area (Å²) in [6.45, 7) is 2.57. The molecule has 3 N–H and O–H groups in total. The van der Waals surface area contributed by atoms with Gasteiger partial charge in [-0.3, -0.25) is 9.78 Å². The molecule has 2 aromatic rings. The second kappa shape index (κ2) is 7.40. The van der Waals surface area contributed by atoms with Crippen molar-refractivity contribution in [2.75, 3.05) is 13.2 Å². The molecule has 1 aliphatic rings. The van der Waals surface area contributed by atoms with Crippen LogP contribution in [-0.2, 0) is 0 Å². The lowest BCUT2D eigenvalue weighted by molar-refractivity contribution is 0.0868. The first-order valence-corrected chi connectivity index (χ1v) is 9.02. The number of aromatic nitrogens is 1. The lowest BCUT2D eigenvalue weighted by Gasteiger charge is -2.37. The Morgan fingerprint density at radius 2 is 2.00 bits per heavy atom. The number of rotatable bonds is 5. The average Bonchev–Trinajstić information content (AvgIpc) is 2.60. The van der Waals surface area contributed by atoms with Crippen molar-refractivity contribution in [3.63, 3.8) is 0 Å². The monoisotopic (exact) mass is 342 g/mol. The predicted molar refractivity (Wildman–Crippen MR) is 97.7 cm³/mol. The van der Waals surface area contributed by atoms with Crippen molar-refractivity contribution in [1.82, 2.24) is 10.3 Å². The molecule has 1 fully saturated rings. The van der Waals surface area contributed by atoms with Gasteiger partial charge in [0.05, 0.1) is 16.8 Å². The molecule has 0 aliphatic heterocycles. The third kappa shape index (κ3) is 3.93. The highest BCUT2D eigenvalue weighted by Gasteiger charge is 2.32. The molecule has 0 bridgehead atoms. The number of aryl methyl sites for hydroxylation is 1. The Hall–Kier alpha value is -2.14. The van der Waals surface area contributed by atoms with E-state index in [4.69, 9.17) is 0 Å². The lowest BCUT2D eigenvalue weighted by Crippen LogP contribution is -2.39. The minimum absolute atomic E-state index is 0.0130. The Kier molecular flexibility index (Phi) is 5.23. The smallest absolute Gasteiger partial charge is 0.253 e. The van der Waals surface area contributed by atoms with Gasteiger partial charge < -0.3 is 15.5 Å². The third-order valence-electron chi connectivity index (χ3n) is 5.41. The zero-order valence-corrected chi connectivity index (χ0v) is 14.7. The van der Waals surface area contributed by atoms with Crippen molar-refractivity contribution in [3.05, 3.63) is 35.5 Å². The first-order valence-electron chi connectivity index (χ1n) is 9.02. The highest BCUT2D eigenvalue weighted by atomic mass is 16.3. The SMILES string of the molecule is Cc1nc2ccc(O)cc2cc1C(=O)NCC1(CCO)CCCCC1. The molecule has 1 saturated carbocycles. The maximum Gasteiger partial charge on any atom is 0.253 e. The first kappa shape index (κ1) is 17.7. The average molecular weight is 342 g/mol. The number of fused-ring (bicyclic) bond motifs is 1. The number of aromatic hydroxyl groups is 1. The van der Waals surface area contributed by atoms with Gasteiger partial charge >= 0.3 is 0 Å².